The lowest BCUT2D eigenvalue weighted by Gasteiger charge is -2.37. The second-order valence-electron chi connectivity index (χ2n) is 5.56. The van der Waals surface area contributed by atoms with Gasteiger partial charge in [0.05, 0.1) is 5.56 Å². The fourth-order valence-corrected chi connectivity index (χ4v) is 2.48. The van der Waals surface area contributed by atoms with E-state index in [-0.39, 0.29) is 27.2 Å². The maximum atomic E-state index is 13.4. The maximum Gasteiger partial charge on any atom is 0.257 e. The van der Waals surface area contributed by atoms with E-state index in [1.165, 1.54) is 0 Å². The number of amides is 1. The second kappa shape index (κ2) is 5.25. The van der Waals surface area contributed by atoms with Crippen molar-refractivity contribution in [3.05, 3.63) is 27.8 Å². The predicted molar refractivity (Wildman–Crippen MR) is 73.1 cm³/mol. The van der Waals surface area contributed by atoms with E-state index in [2.05, 4.69) is 18.8 Å². The summed E-state index contributed by atoms with van der Waals surface area (Å²) in [6.45, 7) is 5.63. The molecule has 0 aliphatic carbocycles. The van der Waals surface area contributed by atoms with Crippen LogP contribution < -0.4 is 0 Å². The number of nitrogens with zero attached hydrogens (tertiary/aromatic N) is 2. The first-order chi connectivity index (χ1) is 8.80. The summed E-state index contributed by atoms with van der Waals surface area (Å²) in [4.78, 5) is 17.6. The van der Waals surface area contributed by atoms with Gasteiger partial charge >= 0.3 is 0 Å². The fraction of sp³-hybridized carbons (Fsp3) is 0.538. The van der Waals surface area contributed by atoms with Crippen molar-refractivity contribution in [3.8, 4) is 0 Å². The van der Waals surface area contributed by atoms with Crippen LogP contribution in [0.3, 0.4) is 0 Å². The van der Waals surface area contributed by atoms with Crippen molar-refractivity contribution in [2.45, 2.75) is 26.7 Å². The van der Waals surface area contributed by atoms with Crippen molar-refractivity contribution in [2.75, 3.05) is 13.1 Å². The number of rotatable bonds is 1. The van der Waals surface area contributed by atoms with Gasteiger partial charge in [0.15, 0.2) is 11.0 Å². The van der Waals surface area contributed by atoms with E-state index in [9.17, 15) is 9.18 Å². The number of carbonyl (C=O) groups excluding carboxylic acids is 1. The summed E-state index contributed by atoms with van der Waals surface area (Å²) in [7, 11) is 0. The Morgan fingerprint density at radius 2 is 1.89 bits per heavy atom. The topological polar surface area (TPSA) is 33.2 Å². The van der Waals surface area contributed by atoms with Gasteiger partial charge in [0.1, 0.15) is 5.15 Å². The summed E-state index contributed by atoms with van der Waals surface area (Å²) < 4.78 is 13.4. The summed E-state index contributed by atoms with van der Waals surface area (Å²) in [5, 5.41) is -0.373. The Hall–Kier alpha value is -0.870. The number of halogens is 3. The number of pyridine rings is 1. The smallest absolute Gasteiger partial charge is 0.257 e. The molecule has 0 atom stereocenters. The van der Waals surface area contributed by atoms with Crippen LogP contribution in [0.2, 0.25) is 10.3 Å². The molecular weight excluding hydrogens is 290 g/mol. The molecule has 104 valence electrons. The van der Waals surface area contributed by atoms with Gasteiger partial charge in [-0.05, 0) is 24.3 Å². The molecule has 1 aliphatic heterocycles. The zero-order valence-corrected chi connectivity index (χ0v) is 12.4. The van der Waals surface area contributed by atoms with Gasteiger partial charge in [-0.15, -0.1) is 0 Å². The molecule has 0 unspecified atom stereocenters. The highest BCUT2D eigenvalue weighted by Gasteiger charge is 2.29. The molecule has 1 aromatic rings. The second-order valence-corrected chi connectivity index (χ2v) is 6.27. The molecule has 0 saturated carbocycles. The van der Waals surface area contributed by atoms with Gasteiger partial charge in [0, 0.05) is 13.1 Å². The van der Waals surface area contributed by atoms with Crippen LogP contribution in [0.1, 0.15) is 37.0 Å². The fourth-order valence-electron chi connectivity index (χ4n) is 2.08. The van der Waals surface area contributed by atoms with Crippen LogP contribution in [0.25, 0.3) is 0 Å². The van der Waals surface area contributed by atoms with Crippen LogP contribution >= 0.6 is 23.2 Å². The molecule has 1 aliphatic rings. The van der Waals surface area contributed by atoms with E-state index in [4.69, 9.17) is 23.2 Å². The zero-order chi connectivity index (χ0) is 14.2. The van der Waals surface area contributed by atoms with E-state index < -0.39 is 5.82 Å². The molecular formula is C13H15Cl2FN2O. The lowest BCUT2D eigenvalue weighted by Crippen LogP contribution is -2.41. The van der Waals surface area contributed by atoms with Crippen molar-refractivity contribution in [3.63, 3.8) is 0 Å². The highest BCUT2D eigenvalue weighted by Crippen LogP contribution is 2.31. The molecule has 3 nitrogen and oxygen atoms in total. The summed E-state index contributed by atoms with van der Waals surface area (Å²) in [6.07, 6.45) is 1.83. The average Bonchev–Trinajstić information content (AvgIpc) is 2.33. The molecule has 1 amide bonds. The minimum atomic E-state index is -0.730. The van der Waals surface area contributed by atoms with Gasteiger partial charge in [-0.3, -0.25) is 4.79 Å². The molecule has 0 radical (unpaired) electrons. The van der Waals surface area contributed by atoms with Gasteiger partial charge in [-0.2, -0.15) is 0 Å². The van der Waals surface area contributed by atoms with Gasteiger partial charge in [0.25, 0.3) is 5.91 Å². The largest absolute Gasteiger partial charge is 0.339 e. The number of carbonyl (C=O) groups is 1. The van der Waals surface area contributed by atoms with Gasteiger partial charge in [-0.1, -0.05) is 37.0 Å². The van der Waals surface area contributed by atoms with Crippen LogP contribution in [-0.4, -0.2) is 28.9 Å². The number of hydrogen-bond donors (Lipinski definition) is 0. The lowest BCUT2D eigenvalue weighted by atomic mass is 9.82. The summed E-state index contributed by atoms with van der Waals surface area (Å²) in [5.41, 5.74) is 0.313. The van der Waals surface area contributed by atoms with E-state index >= 15 is 0 Å². The first kappa shape index (κ1) is 14.5. The predicted octanol–water partition coefficient (Wildman–Crippen LogP) is 3.79. The molecule has 1 saturated heterocycles. The third-order valence-electron chi connectivity index (χ3n) is 3.52. The van der Waals surface area contributed by atoms with E-state index in [0.29, 0.717) is 13.1 Å². The molecule has 0 bridgehead atoms. The Labute approximate surface area is 121 Å². The molecule has 0 spiro atoms. The zero-order valence-electron chi connectivity index (χ0n) is 10.8. The number of piperidine rings is 1. The van der Waals surface area contributed by atoms with Crippen molar-refractivity contribution >= 4 is 29.1 Å². The molecule has 0 aromatic carbocycles. The first-order valence-corrected chi connectivity index (χ1v) is 6.86. The van der Waals surface area contributed by atoms with Crippen molar-refractivity contribution < 1.29 is 9.18 Å². The summed E-state index contributed by atoms with van der Waals surface area (Å²) in [6, 6.07) is 1.06. The molecule has 2 rings (SSSR count). The minimum absolute atomic E-state index is 0.0544. The van der Waals surface area contributed by atoms with Gasteiger partial charge < -0.3 is 4.90 Å². The van der Waals surface area contributed by atoms with Crippen LogP contribution in [0.5, 0.6) is 0 Å². The molecule has 2 heterocycles. The summed E-state index contributed by atoms with van der Waals surface area (Å²) >= 11 is 11.4. The Kier molecular flexibility index (Phi) is 4.02. The van der Waals surface area contributed by atoms with Crippen molar-refractivity contribution in [2.24, 2.45) is 5.41 Å². The van der Waals surface area contributed by atoms with Crippen LogP contribution in [0.4, 0.5) is 4.39 Å². The van der Waals surface area contributed by atoms with Crippen LogP contribution in [0, 0.1) is 11.2 Å². The molecule has 19 heavy (non-hydrogen) atoms. The number of aromatic nitrogens is 1. The van der Waals surface area contributed by atoms with Gasteiger partial charge in [-0.25, -0.2) is 9.37 Å². The normalized spacial score (nSPS) is 18.5. The highest BCUT2D eigenvalue weighted by atomic mass is 35.5. The Balaban J connectivity index is 2.19. The standard InChI is InChI=1S/C13H15Cl2FN2O/c1-13(2)3-5-18(6-4-13)12(19)8-7-9(16)11(15)17-10(8)14/h7H,3-6H2,1-2H3. The third kappa shape index (κ3) is 3.18. The molecule has 6 heteroatoms. The Bertz CT molecular complexity index is 510. The average molecular weight is 305 g/mol. The van der Waals surface area contributed by atoms with Crippen molar-refractivity contribution in [1.82, 2.24) is 9.88 Å². The van der Waals surface area contributed by atoms with Crippen LogP contribution in [-0.2, 0) is 0 Å². The van der Waals surface area contributed by atoms with E-state index in [1.807, 2.05) is 0 Å². The molecule has 0 N–H and O–H groups in total. The maximum absolute atomic E-state index is 13.4. The Morgan fingerprint density at radius 3 is 2.47 bits per heavy atom. The van der Waals surface area contributed by atoms with E-state index in [1.54, 1.807) is 4.90 Å². The van der Waals surface area contributed by atoms with Crippen molar-refractivity contribution in [1.29, 1.82) is 0 Å². The minimum Gasteiger partial charge on any atom is -0.339 e. The van der Waals surface area contributed by atoms with Gasteiger partial charge in [0.2, 0.25) is 0 Å². The molecule has 1 aromatic heterocycles. The Morgan fingerprint density at radius 1 is 1.32 bits per heavy atom. The number of hydrogen-bond acceptors (Lipinski definition) is 2. The molecule has 1 fully saturated rings. The quantitative estimate of drug-likeness (QED) is 0.740. The van der Waals surface area contributed by atoms with E-state index in [0.717, 1.165) is 18.9 Å². The van der Waals surface area contributed by atoms with Crippen LogP contribution in [0.15, 0.2) is 6.07 Å². The third-order valence-corrected chi connectivity index (χ3v) is 4.07. The highest BCUT2D eigenvalue weighted by molar-refractivity contribution is 6.34. The number of likely N-dealkylation sites (tertiary alicyclic amines) is 1. The monoisotopic (exact) mass is 304 g/mol. The SMILES string of the molecule is CC1(C)CCN(C(=O)c2cc(F)c(Cl)nc2Cl)CC1. The summed E-state index contributed by atoms with van der Waals surface area (Å²) in [5.74, 6) is -1.02. The first-order valence-electron chi connectivity index (χ1n) is 6.11. The lowest BCUT2D eigenvalue weighted by molar-refractivity contribution is 0.0629.